The van der Waals surface area contributed by atoms with Gasteiger partial charge in [-0.2, -0.15) is 0 Å². The highest BCUT2D eigenvalue weighted by Gasteiger charge is 2.22. The van der Waals surface area contributed by atoms with E-state index in [1.54, 1.807) is 26.8 Å². The maximum Gasteiger partial charge on any atom is 0.348 e. The molecule has 6 nitrogen and oxygen atoms in total. The molecule has 0 radical (unpaired) electrons. The van der Waals surface area contributed by atoms with Crippen molar-refractivity contribution in [3.8, 4) is 0 Å². The molecule has 3 aromatic rings. The molecule has 0 atom stereocenters. The third-order valence-electron chi connectivity index (χ3n) is 4.83. The summed E-state index contributed by atoms with van der Waals surface area (Å²) in [7, 11) is 0. The first-order valence-electron chi connectivity index (χ1n) is 9.02. The molecule has 0 aliphatic carbocycles. The molecular weight excluding hydrogens is 376 g/mol. The fraction of sp³-hybridized carbons (Fsp3) is 0.333. The first-order valence-corrected chi connectivity index (χ1v) is 9.84. The topological polar surface area (TPSA) is 78.3 Å². The van der Waals surface area contributed by atoms with Crippen molar-refractivity contribution in [1.82, 2.24) is 9.55 Å². The molecule has 28 heavy (non-hydrogen) atoms. The van der Waals surface area contributed by atoms with Crippen LogP contribution in [0.3, 0.4) is 0 Å². The second-order valence-corrected chi connectivity index (χ2v) is 7.73. The van der Waals surface area contributed by atoms with Crippen LogP contribution in [0.5, 0.6) is 0 Å². The monoisotopic (exact) mass is 398 g/mol. The Hall–Kier alpha value is -2.80. The summed E-state index contributed by atoms with van der Waals surface area (Å²) in [6.07, 6.45) is 0. The van der Waals surface area contributed by atoms with E-state index in [0.717, 1.165) is 22.5 Å². The summed E-state index contributed by atoms with van der Waals surface area (Å²) in [5.41, 5.74) is 2.92. The number of carbonyl (C=O) groups is 2. The third-order valence-corrected chi connectivity index (χ3v) is 6.00. The molecule has 3 rings (SSSR count). The molecule has 0 saturated heterocycles. The number of hydrogen-bond acceptors (Lipinski definition) is 6. The summed E-state index contributed by atoms with van der Waals surface area (Å²) in [5, 5.41) is 0.367. The maximum absolute atomic E-state index is 13.1. The van der Waals surface area contributed by atoms with Gasteiger partial charge < -0.3 is 4.74 Å². The normalized spacial score (nSPS) is 11.0. The van der Waals surface area contributed by atoms with Crippen molar-refractivity contribution in [2.75, 3.05) is 6.61 Å². The van der Waals surface area contributed by atoms with E-state index in [2.05, 4.69) is 4.98 Å². The Labute approximate surface area is 166 Å². The lowest BCUT2D eigenvalue weighted by Gasteiger charge is -2.10. The quantitative estimate of drug-likeness (QED) is 0.483. The predicted molar refractivity (Wildman–Crippen MR) is 110 cm³/mol. The zero-order chi connectivity index (χ0) is 20.6. The van der Waals surface area contributed by atoms with E-state index in [9.17, 15) is 14.4 Å². The summed E-state index contributed by atoms with van der Waals surface area (Å²) in [5.74, 6) is -0.183. The van der Waals surface area contributed by atoms with Crippen molar-refractivity contribution in [2.24, 2.45) is 0 Å². The van der Waals surface area contributed by atoms with Crippen LogP contribution < -0.4 is 5.56 Å². The number of ether oxygens (including phenoxy) is 1. The van der Waals surface area contributed by atoms with Gasteiger partial charge >= 0.3 is 5.97 Å². The molecule has 0 aliphatic heterocycles. The van der Waals surface area contributed by atoms with E-state index in [-0.39, 0.29) is 24.5 Å². The van der Waals surface area contributed by atoms with Gasteiger partial charge in [0, 0.05) is 5.56 Å². The van der Waals surface area contributed by atoms with Crippen LogP contribution in [-0.4, -0.2) is 27.9 Å². The molecule has 0 amide bonds. The lowest BCUT2D eigenvalue weighted by Crippen LogP contribution is -2.27. The van der Waals surface area contributed by atoms with Crippen molar-refractivity contribution in [3.05, 3.63) is 61.5 Å². The summed E-state index contributed by atoms with van der Waals surface area (Å²) >= 11 is 1.14. The van der Waals surface area contributed by atoms with Gasteiger partial charge in [0.15, 0.2) is 5.78 Å². The van der Waals surface area contributed by atoms with Gasteiger partial charge in [0.2, 0.25) is 0 Å². The van der Waals surface area contributed by atoms with Gasteiger partial charge in [-0.15, -0.1) is 11.3 Å². The Morgan fingerprint density at radius 3 is 2.50 bits per heavy atom. The minimum absolute atomic E-state index is 0.0971. The molecule has 146 valence electrons. The van der Waals surface area contributed by atoms with Crippen LogP contribution in [0.2, 0.25) is 0 Å². The number of esters is 1. The van der Waals surface area contributed by atoms with E-state index in [1.807, 2.05) is 26.0 Å². The minimum Gasteiger partial charge on any atom is -0.462 e. The van der Waals surface area contributed by atoms with Gasteiger partial charge in [-0.25, -0.2) is 9.78 Å². The Morgan fingerprint density at radius 2 is 1.86 bits per heavy atom. The van der Waals surface area contributed by atoms with Crippen molar-refractivity contribution < 1.29 is 14.3 Å². The highest BCUT2D eigenvalue weighted by molar-refractivity contribution is 7.20. The molecule has 0 aliphatic rings. The molecule has 2 aromatic heterocycles. The van der Waals surface area contributed by atoms with E-state index in [1.165, 1.54) is 4.57 Å². The highest BCUT2D eigenvalue weighted by atomic mass is 32.1. The second-order valence-electron chi connectivity index (χ2n) is 6.73. The van der Waals surface area contributed by atoms with Gasteiger partial charge in [0.1, 0.15) is 15.5 Å². The second kappa shape index (κ2) is 7.67. The van der Waals surface area contributed by atoms with Gasteiger partial charge in [0.05, 0.1) is 18.5 Å². The Kier molecular flexibility index (Phi) is 5.47. The molecule has 0 saturated carbocycles. The molecule has 2 heterocycles. The van der Waals surface area contributed by atoms with Gasteiger partial charge in [0.25, 0.3) is 5.56 Å². The Balaban J connectivity index is 2.05. The van der Waals surface area contributed by atoms with E-state index in [4.69, 9.17) is 4.74 Å². The number of aryl methyl sites for hydroxylation is 4. The fourth-order valence-electron chi connectivity index (χ4n) is 3.05. The first-order chi connectivity index (χ1) is 13.2. The number of rotatable bonds is 5. The van der Waals surface area contributed by atoms with Crippen LogP contribution in [0, 0.1) is 27.7 Å². The molecule has 0 N–H and O–H groups in total. The van der Waals surface area contributed by atoms with Crippen molar-refractivity contribution >= 4 is 33.3 Å². The standard InChI is InChI=1S/C21H22N2O4S/c1-6-27-21(26)18-13(4)17-19(28-18)22-14(5)23(20(17)25)10-16(24)15-8-7-11(2)12(3)9-15/h7-9H,6,10H2,1-5H3. The predicted octanol–water partition coefficient (Wildman–Crippen LogP) is 3.75. The van der Waals surface area contributed by atoms with Crippen molar-refractivity contribution in [1.29, 1.82) is 0 Å². The van der Waals surface area contributed by atoms with Gasteiger partial charge in [-0.3, -0.25) is 14.2 Å². The van der Waals surface area contributed by atoms with Crippen LogP contribution in [-0.2, 0) is 11.3 Å². The number of ketones is 1. The van der Waals surface area contributed by atoms with Gasteiger partial charge in [-0.1, -0.05) is 12.1 Å². The molecule has 0 unspecified atom stereocenters. The van der Waals surface area contributed by atoms with Crippen LogP contribution in [0.4, 0.5) is 0 Å². The molecule has 0 spiro atoms. The number of aromatic nitrogens is 2. The number of benzene rings is 1. The van der Waals surface area contributed by atoms with E-state index in [0.29, 0.717) is 32.0 Å². The highest BCUT2D eigenvalue weighted by Crippen LogP contribution is 2.28. The molecular formula is C21H22N2O4S. The van der Waals surface area contributed by atoms with E-state index >= 15 is 0 Å². The minimum atomic E-state index is -0.460. The summed E-state index contributed by atoms with van der Waals surface area (Å²) < 4.78 is 6.43. The zero-order valence-corrected chi connectivity index (χ0v) is 17.4. The zero-order valence-electron chi connectivity index (χ0n) is 16.6. The molecule has 0 bridgehead atoms. The van der Waals surface area contributed by atoms with Crippen LogP contribution >= 0.6 is 11.3 Å². The van der Waals surface area contributed by atoms with Crippen LogP contribution in [0.15, 0.2) is 23.0 Å². The summed E-state index contributed by atoms with van der Waals surface area (Å²) in [6.45, 7) is 9.22. The van der Waals surface area contributed by atoms with Crippen LogP contribution in [0.1, 0.15) is 49.5 Å². The van der Waals surface area contributed by atoms with Crippen molar-refractivity contribution in [3.63, 3.8) is 0 Å². The number of nitrogens with zero attached hydrogens (tertiary/aromatic N) is 2. The summed E-state index contributed by atoms with van der Waals surface area (Å²) in [4.78, 5) is 43.3. The largest absolute Gasteiger partial charge is 0.462 e. The first kappa shape index (κ1) is 19.9. The number of Topliss-reactive ketones (excluding diaryl/α,β-unsaturated/α-hetero) is 1. The number of thiophene rings is 1. The number of fused-ring (bicyclic) bond motifs is 1. The van der Waals surface area contributed by atoms with Crippen LogP contribution in [0.25, 0.3) is 10.2 Å². The average Bonchev–Trinajstić information content (AvgIpc) is 2.97. The SMILES string of the molecule is CCOC(=O)c1sc2nc(C)n(CC(=O)c3ccc(C)c(C)c3)c(=O)c2c1C. The lowest BCUT2D eigenvalue weighted by atomic mass is 10.0. The number of carbonyl (C=O) groups excluding carboxylic acids is 2. The summed E-state index contributed by atoms with van der Waals surface area (Å²) in [6, 6.07) is 5.50. The average molecular weight is 398 g/mol. The molecule has 7 heteroatoms. The lowest BCUT2D eigenvalue weighted by molar-refractivity contribution is 0.0531. The van der Waals surface area contributed by atoms with E-state index < -0.39 is 5.97 Å². The molecule has 0 fully saturated rings. The smallest absolute Gasteiger partial charge is 0.348 e. The van der Waals surface area contributed by atoms with Crippen molar-refractivity contribution in [2.45, 2.75) is 41.2 Å². The Bertz CT molecular complexity index is 1160. The number of hydrogen-bond donors (Lipinski definition) is 0. The molecule has 1 aromatic carbocycles. The third kappa shape index (κ3) is 3.49. The maximum atomic E-state index is 13.1. The fourth-order valence-corrected chi connectivity index (χ4v) is 4.16. The van der Waals surface area contributed by atoms with Gasteiger partial charge in [-0.05, 0) is 57.4 Å². The Morgan fingerprint density at radius 1 is 1.14 bits per heavy atom.